The predicted molar refractivity (Wildman–Crippen MR) is 110 cm³/mol. The summed E-state index contributed by atoms with van der Waals surface area (Å²) in [5, 5.41) is 0.324. The maximum atomic E-state index is 12.1. The molecule has 142 valence electrons. The van der Waals surface area contributed by atoms with Gasteiger partial charge in [-0.1, -0.05) is 48.9 Å². The fourth-order valence-electron chi connectivity index (χ4n) is 2.56. The minimum atomic E-state index is -0.464. The lowest BCUT2D eigenvalue weighted by Gasteiger charge is -2.06. The Morgan fingerprint density at radius 1 is 1.07 bits per heavy atom. The molecule has 0 saturated carbocycles. The molecule has 1 aromatic heterocycles. The average molecular weight is 395 g/mol. The van der Waals surface area contributed by atoms with E-state index in [-0.39, 0.29) is 5.78 Å². The molecule has 4 nitrogen and oxygen atoms in total. The standard InChI is InChI=1S/C23H19ClO4/c1-2-14-27-23(26)19-15-17(8-11-20(19)24)22-13-10-18(28-22)9-12-21(25)16-6-4-3-5-7-16/h3-13,15H,2,14H2,1H3/b12-9+. The highest BCUT2D eigenvalue weighted by Gasteiger charge is 2.14. The maximum Gasteiger partial charge on any atom is 0.339 e. The van der Waals surface area contributed by atoms with Crippen LogP contribution in [0.5, 0.6) is 0 Å². The van der Waals surface area contributed by atoms with Crippen molar-refractivity contribution >= 4 is 29.4 Å². The number of esters is 1. The van der Waals surface area contributed by atoms with Crippen LogP contribution in [0.4, 0.5) is 0 Å². The van der Waals surface area contributed by atoms with Gasteiger partial charge in [0.15, 0.2) is 5.78 Å². The summed E-state index contributed by atoms with van der Waals surface area (Å²) in [6, 6.07) is 17.6. The number of benzene rings is 2. The molecule has 28 heavy (non-hydrogen) atoms. The molecule has 0 aliphatic rings. The van der Waals surface area contributed by atoms with Crippen LogP contribution in [0, 0.1) is 0 Å². The van der Waals surface area contributed by atoms with E-state index in [1.807, 2.05) is 25.1 Å². The molecule has 2 aromatic carbocycles. The SMILES string of the molecule is CCCOC(=O)c1cc(-c2ccc(/C=C/C(=O)c3ccccc3)o2)ccc1Cl. The molecule has 0 spiro atoms. The van der Waals surface area contributed by atoms with E-state index in [2.05, 4.69) is 0 Å². The van der Waals surface area contributed by atoms with Crippen molar-refractivity contribution in [2.75, 3.05) is 6.61 Å². The lowest BCUT2D eigenvalue weighted by Crippen LogP contribution is -2.06. The highest BCUT2D eigenvalue weighted by molar-refractivity contribution is 6.33. The predicted octanol–water partition coefficient (Wildman–Crippen LogP) is 6.06. The Morgan fingerprint density at radius 2 is 1.86 bits per heavy atom. The second-order valence-corrected chi connectivity index (χ2v) is 6.50. The van der Waals surface area contributed by atoms with Gasteiger partial charge in [-0.3, -0.25) is 4.79 Å². The van der Waals surface area contributed by atoms with Gasteiger partial charge in [-0.05, 0) is 48.9 Å². The topological polar surface area (TPSA) is 56.5 Å². The summed E-state index contributed by atoms with van der Waals surface area (Å²) in [6.45, 7) is 2.26. The van der Waals surface area contributed by atoms with Gasteiger partial charge in [0, 0.05) is 11.1 Å². The molecule has 0 bridgehead atoms. The van der Waals surface area contributed by atoms with Crippen molar-refractivity contribution in [2.24, 2.45) is 0 Å². The Hall–Kier alpha value is -3.11. The van der Waals surface area contributed by atoms with Crippen molar-refractivity contribution in [1.29, 1.82) is 0 Å². The van der Waals surface area contributed by atoms with Gasteiger partial charge in [0.2, 0.25) is 0 Å². The van der Waals surface area contributed by atoms with E-state index in [4.69, 9.17) is 20.8 Å². The van der Waals surface area contributed by atoms with Gasteiger partial charge in [0.25, 0.3) is 0 Å². The molecular formula is C23H19ClO4. The van der Waals surface area contributed by atoms with Crippen molar-refractivity contribution in [3.05, 3.63) is 88.6 Å². The van der Waals surface area contributed by atoms with Crippen molar-refractivity contribution in [3.8, 4) is 11.3 Å². The summed E-state index contributed by atoms with van der Waals surface area (Å²) in [4.78, 5) is 24.3. The average Bonchev–Trinajstić information content (AvgIpc) is 3.20. The van der Waals surface area contributed by atoms with E-state index in [9.17, 15) is 9.59 Å². The zero-order valence-corrected chi connectivity index (χ0v) is 16.1. The number of ketones is 1. The number of ether oxygens (including phenoxy) is 1. The van der Waals surface area contributed by atoms with E-state index in [0.29, 0.717) is 39.8 Å². The first kappa shape index (κ1) is 19.6. The first-order chi connectivity index (χ1) is 13.6. The molecule has 3 rings (SSSR count). The third-order valence-corrected chi connectivity index (χ3v) is 4.32. The fourth-order valence-corrected chi connectivity index (χ4v) is 2.76. The van der Waals surface area contributed by atoms with Gasteiger partial charge < -0.3 is 9.15 Å². The number of rotatable bonds is 7. The molecule has 0 atom stereocenters. The van der Waals surface area contributed by atoms with Crippen molar-refractivity contribution in [2.45, 2.75) is 13.3 Å². The van der Waals surface area contributed by atoms with E-state index >= 15 is 0 Å². The lowest BCUT2D eigenvalue weighted by atomic mass is 10.1. The van der Waals surface area contributed by atoms with Crippen LogP contribution in [0.3, 0.4) is 0 Å². The van der Waals surface area contributed by atoms with E-state index in [0.717, 1.165) is 6.42 Å². The molecule has 5 heteroatoms. The van der Waals surface area contributed by atoms with Crippen LogP contribution in [0.2, 0.25) is 5.02 Å². The summed E-state index contributed by atoms with van der Waals surface area (Å²) >= 11 is 6.13. The minimum absolute atomic E-state index is 0.106. The highest BCUT2D eigenvalue weighted by atomic mass is 35.5. The van der Waals surface area contributed by atoms with Crippen molar-refractivity contribution in [3.63, 3.8) is 0 Å². The summed E-state index contributed by atoms with van der Waals surface area (Å²) in [5.74, 6) is 0.525. The van der Waals surface area contributed by atoms with Gasteiger partial charge in [-0.25, -0.2) is 4.79 Å². The van der Waals surface area contributed by atoms with Gasteiger partial charge in [-0.15, -0.1) is 0 Å². The van der Waals surface area contributed by atoms with E-state index in [1.165, 1.54) is 6.08 Å². The van der Waals surface area contributed by atoms with Gasteiger partial charge in [-0.2, -0.15) is 0 Å². The Bertz CT molecular complexity index is 1000. The largest absolute Gasteiger partial charge is 0.462 e. The molecule has 0 amide bonds. The fraction of sp³-hybridized carbons (Fsp3) is 0.130. The van der Waals surface area contributed by atoms with Gasteiger partial charge in [0.1, 0.15) is 11.5 Å². The molecular weight excluding hydrogens is 376 g/mol. The maximum absolute atomic E-state index is 12.1. The second kappa shape index (κ2) is 9.20. The molecule has 0 radical (unpaired) electrons. The smallest absolute Gasteiger partial charge is 0.339 e. The summed E-state index contributed by atoms with van der Waals surface area (Å²) in [7, 11) is 0. The molecule has 1 heterocycles. The van der Waals surface area contributed by atoms with Crippen LogP contribution in [-0.4, -0.2) is 18.4 Å². The summed E-state index contributed by atoms with van der Waals surface area (Å²) in [5.41, 5.74) is 1.60. The number of hydrogen-bond donors (Lipinski definition) is 0. The van der Waals surface area contributed by atoms with Gasteiger partial charge in [0.05, 0.1) is 17.2 Å². The number of allylic oxidation sites excluding steroid dienone is 1. The van der Waals surface area contributed by atoms with Crippen molar-refractivity contribution < 1.29 is 18.7 Å². The monoisotopic (exact) mass is 394 g/mol. The first-order valence-corrected chi connectivity index (χ1v) is 9.30. The molecule has 0 aliphatic carbocycles. The Morgan fingerprint density at radius 3 is 2.61 bits per heavy atom. The minimum Gasteiger partial charge on any atom is -0.462 e. The van der Waals surface area contributed by atoms with Crippen molar-refractivity contribution in [1.82, 2.24) is 0 Å². The number of hydrogen-bond acceptors (Lipinski definition) is 4. The molecule has 0 fully saturated rings. The van der Waals surface area contributed by atoms with E-state index in [1.54, 1.807) is 48.5 Å². The Balaban J connectivity index is 1.77. The molecule has 0 N–H and O–H groups in total. The zero-order chi connectivity index (χ0) is 19.9. The number of furan rings is 1. The quantitative estimate of drug-likeness (QED) is 0.277. The third-order valence-electron chi connectivity index (χ3n) is 3.99. The zero-order valence-electron chi connectivity index (χ0n) is 15.4. The molecule has 0 unspecified atom stereocenters. The van der Waals surface area contributed by atoms with Crippen LogP contribution in [0.1, 0.15) is 39.8 Å². The molecule has 0 saturated heterocycles. The lowest BCUT2D eigenvalue weighted by molar-refractivity contribution is 0.0505. The van der Waals surface area contributed by atoms with Crippen LogP contribution in [-0.2, 0) is 4.74 Å². The number of carbonyl (C=O) groups is 2. The summed E-state index contributed by atoms with van der Waals surface area (Å²) < 4.78 is 10.9. The number of halogens is 1. The second-order valence-electron chi connectivity index (χ2n) is 6.10. The Kier molecular flexibility index (Phi) is 6.45. The molecule has 3 aromatic rings. The highest BCUT2D eigenvalue weighted by Crippen LogP contribution is 2.28. The van der Waals surface area contributed by atoms with Crippen LogP contribution < -0.4 is 0 Å². The van der Waals surface area contributed by atoms with Gasteiger partial charge >= 0.3 is 5.97 Å². The number of carbonyl (C=O) groups excluding carboxylic acids is 2. The molecule has 0 aliphatic heterocycles. The normalized spacial score (nSPS) is 10.9. The van der Waals surface area contributed by atoms with Crippen LogP contribution in [0.25, 0.3) is 17.4 Å². The van der Waals surface area contributed by atoms with Crippen LogP contribution >= 0.6 is 11.6 Å². The third kappa shape index (κ3) is 4.78. The Labute approximate surface area is 168 Å². The first-order valence-electron chi connectivity index (χ1n) is 8.93. The van der Waals surface area contributed by atoms with E-state index < -0.39 is 5.97 Å². The van der Waals surface area contributed by atoms with Crippen LogP contribution in [0.15, 0.2) is 71.2 Å². The summed E-state index contributed by atoms with van der Waals surface area (Å²) in [6.07, 6.45) is 3.82.